The van der Waals surface area contributed by atoms with Crippen LogP contribution in [0.1, 0.15) is 56.1 Å². The number of piperidine rings is 1. The summed E-state index contributed by atoms with van der Waals surface area (Å²) in [6.45, 7) is 4.35. The summed E-state index contributed by atoms with van der Waals surface area (Å²) < 4.78 is 28.8. The quantitative estimate of drug-likeness (QED) is 0.792. The molecule has 0 N–H and O–H groups in total. The highest BCUT2D eigenvalue weighted by molar-refractivity contribution is 7.90. The zero-order valence-corrected chi connectivity index (χ0v) is 15.2. The highest BCUT2D eigenvalue weighted by Gasteiger charge is 2.42. The van der Waals surface area contributed by atoms with Crippen molar-refractivity contribution in [3.05, 3.63) is 11.6 Å². The second kappa shape index (κ2) is 6.38. The lowest BCUT2D eigenvalue weighted by atomic mass is 9.99. The van der Waals surface area contributed by atoms with Gasteiger partial charge in [0.05, 0.1) is 11.8 Å². The molecule has 0 bridgehead atoms. The van der Waals surface area contributed by atoms with E-state index in [0.29, 0.717) is 13.1 Å². The van der Waals surface area contributed by atoms with E-state index >= 15 is 0 Å². The van der Waals surface area contributed by atoms with Gasteiger partial charge in [-0.2, -0.15) is 0 Å². The lowest BCUT2D eigenvalue weighted by Gasteiger charge is -2.31. The van der Waals surface area contributed by atoms with Gasteiger partial charge in [0.2, 0.25) is 10.0 Å². The molecular weight excluding hydrogens is 326 g/mol. The van der Waals surface area contributed by atoms with Crippen molar-refractivity contribution in [2.24, 2.45) is 7.05 Å². The van der Waals surface area contributed by atoms with Crippen molar-refractivity contribution in [3.63, 3.8) is 0 Å². The van der Waals surface area contributed by atoms with E-state index in [-0.39, 0.29) is 11.2 Å². The third-order valence-corrected chi connectivity index (χ3v) is 7.98. The summed E-state index contributed by atoms with van der Waals surface area (Å²) in [5.41, 5.74) is 0. The number of hydrogen-bond acceptors (Lipinski definition) is 5. The molecule has 3 fully saturated rings. The van der Waals surface area contributed by atoms with E-state index in [0.717, 1.165) is 57.0 Å². The highest BCUT2D eigenvalue weighted by Crippen LogP contribution is 2.35. The Morgan fingerprint density at radius 2 is 1.79 bits per heavy atom. The van der Waals surface area contributed by atoms with Gasteiger partial charge in [-0.05, 0) is 51.6 Å². The molecule has 24 heavy (non-hydrogen) atoms. The average Bonchev–Trinajstić information content (AvgIpc) is 3.23. The zero-order valence-electron chi connectivity index (χ0n) is 14.4. The molecular formula is C16H27N5O2S. The van der Waals surface area contributed by atoms with Gasteiger partial charge in [-0.15, -0.1) is 10.2 Å². The molecule has 3 aliphatic rings. The Balaban J connectivity index is 1.48. The molecule has 2 saturated heterocycles. The molecule has 0 unspecified atom stereocenters. The largest absolute Gasteiger partial charge is 0.317 e. The summed E-state index contributed by atoms with van der Waals surface area (Å²) in [5, 5.41) is 8.69. The fourth-order valence-electron chi connectivity index (χ4n) is 3.97. The van der Waals surface area contributed by atoms with Gasteiger partial charge in [-0.25, -0.2) is 12.7 Å². The van der Waals surface area contributed by atoms with E-state index in [9.17, 15) is 8.42 Å². The third kappa shape index (κ3) is 3.11. The topological polar surface area (TPSA) is 71.3 Å². The molecule has 134 valence electrons. The summed E-state index contributed by atoms with van der Waals surface area (Å²) >= 11 is 0. The van der Waals surface area contributed by atoms with Gasteiger partial charge in [-0.3, -0.25) is 4.90 Å². The van der Waals surface area contributed by atoms with Crippen LogP contribution in [0.5, 0.6) is 0 Å². The number of nitrogens with zero attached hydrogens (tertiary/aromatic N) is 5. The van der Waals surface area contributed by atoms with Gasteiger partial charge in [-0.1, -0.05) is 0 Å². The summed E-state index contributed by atoms with van der Waals surface area (Å²) in [4.78, 5) is 2.42. The number of sulfonamides is 1. The maximum atomic E-state index is 12.5. The van der Waals surface area contributed by atoms with Gasteiger partial charge < -0.3 is 4.57 Å². The number of aromatic nitrogens is 3. The van der Waals surface area contributed by atoms with Crippen LogP contribution in [-0.4, -0.2) is 63.8 Å². The van der Waals surface area contributed by atoms with Crippen molar-refractivity contribution in [3.8, 4) is 0 Å². The van der Waals surface area contributed by atoms with Gasteiger partial charge >= 0.3 is 0 Å². The van der Waals surface area contributed by atoms with E-state index < -0.39 is 10.0 Å². The molecule has 1 saturated carbocycles. The van der Waals surface area contributed by atoms with Crippen molar-refractivity contribution in [1.82, 2.24) is 24.0 Å². The summed E-state index contributed by atoms with van der Waals surface area (Å²) in [6.07, 6.45) is 6.08. The molecule has 0 amide bonds. The van der Waals surface area contributed by atoms with Crippen LogP contribution < -0.4 is 0 Å². The summed E-state index contributed by atoms with van der Waals surface area (Å²) in [5.74, 6) is 2.10. The Kier molecular flexibility index (Phi) is 4.38. The lowest BCUT2D eigenvalue weighted by Crippen LogP contribution is -2.41. The Morgan fingerprint density at radius 1 is 1.04 bits per heavy atom. The van der Waals surface area contributed by atoms with Gasteiger partial charge in [0.1, 0.15) is 11.6 Å². The zero-order chi connectivity index (χ0) is 16.7. The minimum absolute atomic E-state index is 0.124. The van der Waals surface area contributed by atoms with Gasteiger partial charge in [0.15, 0.2) is 0 Å². The van der Waals surface area contributed by atoms with E-state index in [1.165, 1.54) is 12.8 Å². The molecule has 1 aromatic rings. The van der Waals surface area contributed by atoms with Crippen LogP contribution in [0.15, 0.2) is 0 Å². The van der Waals surface area contributed by atoms with E-state index in [4.69, 9.17) is 0 Å². The Bertz CT molecular complexity index is 691. The summed E-state index contributed by atoms with van der Waals surface area (Å²) in [7, 11) is -1.06. The molecule has 0 aromatic carbocycles. The van der Waals surface area contributed by atoms with Crippen LogP contribution in [0.2, 0.25) is 0 Å². The molecule has 7 nitrogen and oxygen atoms in total. The van der Waals surface area contributed by atoms with Crippen LogP contribution in [-0.2, 0) is 23.6 Å². The van der Waals surface area contributed by atoms with E-state index in [2.05, 4.69) is 19.7 Å². The van der Waals surface area contributed by atoms with Crippen molar-refractivity contribution in [1.29, 1.82) is 0 Å². The lowest BCUT2D eigenvalue weighted by molar-refractivity contribution is 0.301. The molecule has 1 aliphatic carbocycles. The van der Waals surface area contributed by atoms with Crippen LogP contribution in [0, 0.1) is 0 Å². The first-order valence-electron chi connectivity index (χ1n) is 9.15. The van der Waals surface area contributed by atoms with Gasteiger partial charge in [0.25, 0.3) is 0 Å². The molecule has 0 radical (unpaired) electrons. The van der Waals surface area contributed by atoms with Crippen LogP contribution in [0.3, 0.4) is 0 Å². The first kappa shape index (κ1) is 16.5. The molecule has 0 spiro atoms. The summed E-state index contributed by atoms with van der Waals surface area (Å²) in [6, 6.07) is 0. The van der Waals surface area contributed by atoms with E-state index in [1.54, 1.807) is 4.31 Å². The van der Waals surface area contributed by atoms with Gasteiger partial charge in [0, 0.05) is 26.1 Å². The minimum Gasteiger partial charge on any atom is -0.317 e. The maximum absolute atomic E-state index is 12.5. The van der Waals surface area contributed by atoms with Crippen molar-refractivity contribution in [2.75, 3.05) is 26.2 Å². The maximum Gasteiger partial charge on any atom is 0.217 e. The van der Waals surface area contributed by atoms with Crippen molar-refractivity contribution < 1.29 is 8.42 Å². The Morgan fingerprint density at radius 3 is 2.50 bits per heavy atom. The second-order valence-electron chi connectivity index (χ2n) is 7.46. The van der Waals surface area contributed by atoms with Crippen LogP contribution >= 0.6 is 0 Å². The Labute approximate surface area is 144 Å². The molecule has 1 atom stereocenters. The SMILES string of the molecule is Cn1c(CN2CCCC2)nnc1[C@@H]1CCCN(S(=O)(=O)C2CC2)C1. The molecule has 8 heteroatoms. The predicted octanol–water partition coefficient (Wildman–Crippen LogP) is 1.08. The Hall–Kier alpha value is -0.990. The van der Waals surface area contributed by atoms with Crippen LogP contribution in [0.4, 0.5) is 0 Å². The first-order valence-corrected chi connectivity index (χ1v) is 10.7. The fourth-order valence-corrected chi connectivity index (χ4v) is 5.90. The normalized spacial score (nSPS) is 27.0. The number of hydrogen-bond donors (Lipinski definition) is 0. The fraction of sp³-hybridized carbons (Fsp3) is 0.875. The molecule has 1 aromatic heterocycles. The smallest absolute Gasteiger partial charge is 0.217 e. The third-order valence-electron chi connectivity index (χ3n) is 5.62. The molecule has 3 heterocycles. The molecule has 2 aliphatic heterocycles. The number of likely N-dealkylation sites (tertiary alicyclic amines) is 1. The van der Waals surface area contributed by atoms with Crippen molar-refractivity contribution in [2.45, 2.75) is 56.2 Å². The molecule has 4 rings (SSSR count). The number of rotatable bonds is 5. The predicted molar refractivity (Wildman–Crippen MR) is 91.0 cm³/mol. The minimum atomic E-state index is -3.09. The standard InChI is InChI=1S/C16H27N5O2S/c1-19-15(12-20-8-2-3-9-20)17-18-16(19)13-5-4-10-21(11-13)24(22,23)14-6-7-14/h13-14H,2-12H2,1H3/t13-/m1/s1. The average molecular weight is 353 g/mol. The monoisotopic (exact) mass is 353 g/mol. The highest BCUT2D eigenvalue weighted by atomic mass is 32.2. The van der Waals surface area contributed by atoms with Crippen molar-refractivity contribution >= 4 is 10.0 Å². The van der Waals surface area contributed by atoms with E-state index in [1.807, 2.05) is 7.05 Å². The van der Waals surface area contributed by atoms with Crippen LogP contribution in [0.25, 0.3) is 0 Å². The second-order valence-corrected chi connectivity index (χ2v) is 9.67. The first-order chi connectivity index (χ1) is 11.6.